The Kier molecular flexibility index (Phi) is 7.10. The van der Waals surface area contributed by atoms with E-state index in [9.17, 15) is 20.0 Å². The van der Waals surface area contributed by atoms with Crippen LogP contribution in [0.4, 0.5) is 10.7 Å². The summed E-state index contributed by atoms with van der Waals surface area (Å²) in [6.07, 6.45) is 1.11. The van der Waals surface area contributed by atoms with E-state index >= 15 is 0 Å². The molecule has 0 bridgehead atoms. The second-order valence-electron chi connectivity index (χ2n) is 9.59. The fraction of sp³-hybridized carbons (Fsp3) is 0.440. The molecule has 1 amide bonds. The van der Waals surface area contributed by atoms with Crippen molar-refractivity contribution in [2.45, 2.75) is 58.4 Å². The Labute approximate surface area is 207 Å². The van der Waals surface area contributed by atoms with Crippen LogP contribution < -0.4 is 15.8 Å². The maximum absolute atomic E-state index is 13.6. The zero-order valence-electron chi connectivity index (χ0n) is 20.1. The smallest absolute Gasteiger partial charge is 0.407 e. The van der Waals surface area contributed by atoms with Gasteiger partial charge in [0.15, 0.2) is 0 Å². The van der Waals surface area contributed by atoms with Crippen molar-refractivity contribution in [2.24, 2.45) is 0 Å². The van der Waals surface area contributed by atoms with Gasteiger partial charge in [0.25, 0.3) is 5.56 Å². The van der Waals surface area contributed by atoms with Gasteiger partial charge in [-0.05, 0) is 51.3 Å². The summed E-state index contributed by atoms with van der Waals surface area (Å²) in [5.74, 6) is 0.480. The Morgan fingerprint density at radius 1 is 1.37 bits per heavy atom. The fourth-order valence-electron chi connectivity index (χ4n) is 4.20. The van der Waals surface area contributed by atoms with Crippen molar-refractivity contribution in [1.29, 1.82) is 5.26 Å². The van der Waals surface area contributed by atoms with Gasteiger partial charge in [0.05, 0.1) is 30.3 Å². The Balaban J connectivity index is 1.71. The molecular weight excluding hydrogens is 466 g/mol. The molecule has 1 atom stereocenters. The van der Waals surface area contributed by atoms with Crippen LogP contribution in [0.1, 0.15) is 49.6 Å². The Morgan fingerprint density at radius 3 is 2.86 bits per heavy atom. The molecule has 1 fully saturated rings. The van der Waals surface area contributed by atoms with Crippen molar-refractivity contribution >= 4 is 33.6 Å². The minimum atomic E-state index is -0.594. The molecule has 0 radical (unpaired) electrons. The standard InChI is InChI=1S/C25H29N5O4S/c1-25(2,3)34-24(33)27-18-9-6-10-29(14-18)23-28-20-11-19(15-31)35-21(20)22(32)30(23)13-17-8-5-4-7-16(17)12-26/h4-5,7-8,11,18,31H,6,9-10,13-15H2,1-3H3,(H,27,33)/t18-/m1/s1. The highest BCUT2D eigenvalue weighted by Gasteiger charge is 2.27. The van der Waals surface area contributed by atoms with Gasteiger partial charge in [-0.3, -0.25) is 9.36 Å². The molecule has 9 nitrogen and oxygen atoms in total. The third-order valence-electron chi connectivity index (χ3n) is 5.71. The highest BCUT2D eigenvalue weighted by atomic mass is 32.1. The van der Waals surface area contributed by atoms with E-state index in [0.717, 1.165) is 18.4 Å². The van der Waals surface area contributed by atoms with Gasteiger partial charge in [-0.15, -0.1) is 11.3 Å². The molecule has 1 aromatic carbocycles. The first-order valence-corrected chi connectivity index (χ1v) is 12.4. The van der Waals surface area contributed by atoms with Gasteiger partial charge < -0.3 is 20.1 Å². The zero-order chi connectivity index (χ0) is 25.2. The van der Waals surface area contributed by atoms with Crippen LogP contribution in [-0.2, 0) is 17.9 Å². The number of alkyl carbamates (subject to hydrolysis) is 1. The molecule has 1 aliphatic heterocycles. The molecule has 2 N–H and O–H groups in total. The molecule has 0 aliphatic carbocycles. The SMILES string of the molecule is CC(C)(C)OC(=O)N[C@@H]1CCCN(c2nc3cc(CO)sc3c(=O)n2Cc2ccccc2C#N)C1. The summed E-state index contributed by atoms with van der Waals surface area (Å²) < 4.78 is 7.46. The van der Waals surface area contributed by atoms with Gasteiger partial charge in [-0.1, -0.05) is 18.2 Å². The second kappa shape index (κ2) is 10.1. The predicted molar refractivity (Wildman–Crippen MR) is 135 cm³/mol. The Hall–Kier alpha value is -3.42. The summed E-state index contributed by atoms with van der Waals surface area (Å²) in [6.45, 7) is 6.61. The second-order valence-corrected chi connectivity index (χ2v) is 10.7. The molecule has 10 heteroatoms. The van der Waals surface area contributed by atoms with E-state index in [1.807, 2.05) is 37.8 Å². The molecule has 3 heterocycles. The number of anilines is 1. The largest absolute Gasteiger partial charge is 0.444 e. The topological polar surface area (TPSA) is 120 Å². The number of nitrogens with one attached hydrogen (secondary N) is 1. The van der Waals surface area contributed by atoms with Gasteiger partial charge >= 0.3 is 6.09 Å². The zero-order valence-corrected chi connectivity index (χ0v) is 20.9. The third-order valence-corrected chi connectivity index (χ3v) is 6.81. The van der Waals surface area contributed by atoms with Crippen LogP contribution in [0.25, 0.3) is 10.2 Å². The van der Waals surface area contributed by atoms with Gasteiger partial charge in [0.2, 0.25) is 5.95 Å². The third kappa shape index (κ3) is 5.63. The number of ether oxygens (including phenoxy) is 1. The highest BCUT2D eigenvalue weighted by molar-refractivity contribution is 7.18. The summed E-state index contributed by atoms with van der Waals surface area (Å²) in [4.78, 5) is 33.4. The molecular formula is C25H29N5O4S. The monoisotopic (exact) mass is 495 g/mol. The number of aliphatic hydroxyl groups excluding tert-OH is 1. The van der Waals surface area contributed by atoms with Crippen LogP contribution in [0, 0.1) is 11.3 Å². The number of benzene rings is 1. The lowest BCUT2D eigenvalue weighted by Crippen LogP contribution is -2.50. The van der Waals surface area contributed by atoms with Gasteiger partial charge in [0, 0.05) is 24.0 Å². The number of fused-ring (bicyclic) bond motifs is 1. The number of hydrogen-bond donors (Lipinski definition) is 2. The van der Waals surface area contributed by atoms with Crippen LogP contribution in [0.3, 0.4) is 0 Å². The lowest BCUT2D eigenvalue weighted by Gasteiger charge is -2.35. The molecule has 1 saturated heterocycles. The number of nitriles is 1. The summed E-state index contributed by atoms with van der Waals surface area (Å²) in [5, 5.41) is 22.1. The first-order chi connectivity index (χ1) is 16.7. The van der Waals surface area contributed by atoms with Gasteiger partial charge in [-0.25, -0.2) is 9.78 Å². The van der Waals surface area contributed by atoms with E-state index in [1.165, 1.54) is 11.3 Å². The lowest BCUT2D eigenvalue weighted by atomic mass is 10.1. The molecule has 1 aliphatic rings. The van der Waals surface area contributed by atoms with Crippen molar-refractivity contribution in [3.05, 3.63) is 56.7 Å². The molecule has 2 aromatic heterocycles. The van der Waals surface area contributed by atoms with Crippen molar-refractivity contribution in [3.63, 3.8) is 0 Å². The lowest BCUT2D eigenvalue weighted by molar-refractivity contribution is 0.0499. The number of rotatable bonds is 5. The number of carbonyl (C=O) groups is 1. The van der Waals surface area contributed by atoms with E-state index in [4.69, 9.17) is 9.72 Å². The summed E-state index contributed by atoms with van der Waals surface area (Å²) in [5.41, 5.74) is 0.939. The minimum absolute atomic E-state index is 0.165. The Bertz CT molecular complexity index is 1330. The van der Waals surface area contributed by atoms with Crippen molar-refractivity contribution in [2.75, 3.05) is 18.0 Å². The average molecular weight is 496 g/mol. The van der Waals surface area contributed by atoms with E-state index in [-0.39, 0.29) is 24.8 Å². The molecule has 0 saturated carbocycles. The first-order valence-electron chi connectivity index (χ1n) is 11.5. The summed E-state index contributed by atoms with van der Waals surface area (Å²) in [6, 6.07) is 10.9. The number of aromatic nitrogens is 2. The Morgan fingerprint density at radius 2 is 2.14 bits per heavy atom. The number of thiophene rings is 1. The molecule has 0 unspecified atom stereocenters. The van der Waals surface area contributed by atoms with Gasteiger partial charge in [-0.2, -0.15) is 5.26 Å². The highest BCUT2D eigenvalue weighted by Crippen LogP contribution is 2.26. The van der Waals surface area contributed by atoms with Gasteiger partial charge in [0.1, 0.15) is 10.3 Å². The summed E-state index contributed by atoms with van der Waals surface area (Å²) >= 11 is 1.23. The maximum atomic E-state index is 13.6. The van der Waals surface area contributed by atoms with E-state index < -0.39 is 11.7 Å². The van der Waals surface area contributed by atoms with Crippen LogP contribution in [0.15, 0.2) is 35.1 Å². The quantitative estimate of drug-likeness (QED) is 0.557. The minimum Gasteiger partial charge on any atom is -0.444 e. The maximum Gasteiger partial charge on any atom is 0.407 e. The molecule has 35 heavy (non-hydrogen) atoms. The number of carbonyl (C=O) groups excluding carboxylic acids is 1. The van der Waals surface area contributed by atoms with E-state index in [0.29, 0.717) is 39.7 Å². The van der Waals surface area contributed by atoms with Crippen molar-refractivity contribution < 1.29 is 14.6 Å². The molecule has 3 aromatic rings. The molecule has 0 spiro atoms. The van der Waals surface area contributed by atoms with Crippen LogP contribution >= 0.6 is 11.3 Å². The number of nitrogens with zero attached hydrogens (tertiary/aromatic N) is 4. The van der Waals surface area contributed by atoms with Crippen molar-refractivity contribution in [3.8, 4) is 6.07 Å². The predicted octanol–water partition coefficient (Wildman–Crippen LogP) is 3.36. The molecule has 184 valence electrons. The fourth-order valence-corrected chi connectivity index (χ4v) is 5.10. The number of amides is 1. The first kappa shape index (κ1) is 24.7. The van der Waals surface area contributed by atoms with Crippen LogP contribution in [0.2, 0.25) is 0 Å². The van der Waals surface area contributed by atoms with Crippen LogP contribution in [-0.4, -0.2) is 45.5 Å². The molecule has 4 rings (SSSR count). The average Bonchev–Trinajstić information content (AvgIpc) is 3.23. The normalized spacial score (nSPS) is 16.2. The van der Waals surface area contributed by atoms with E-state index in [1.54, 1.807) is 22.8 Å². The number of piperidine rings is 1. The van der Waals surface area contributed by atoms with E-state index in [2.05, 4.69) is 11.4 Å². The van der Waals surface area contributed by atoms with Crippen molar-refractivity contribution in [1.82, 2.24) is 14.9 Å². The number of hydrogen-bond acceptors (Lipinski definition) is 8. The number of aliphatic hydroxyl groups is 1. The summed E-state index contributed by atoms with van der Waals surface area (Å²) in [7, 11) is 0. The van der Waals surface area contributed by atoms with Crippen LogP contribution in [0.5, 0.6) is 0 Å².